The number of ether oxygens (including phenoxy) is 1. The van der Waals surface area contributed by atoms with Gasteiger partial charge in [0.15, 0.2) is 11.6 Å². The Hall–Kier alpha value is -2.59. The topological polar surface area (TPSA) is 22.1 Å². The predicted octanol–water partition coefficient (Wildman–Crippen LogP) is 8.49. The summed E-state index contributed by atoms with van der Waals surface area (Å²) in [6, 6.07) is 15.5. The van der Waals surface area contributed by atoms with Gasteiger partial charge in [-0.3, -0.25) is 4.98 Å². The Morgan fingerprint density at radius 3 is 2.29 bits per heavy atom. The monoisotopic (exact) mass is 463 g/mol. The maximum absolute atomic E-state index is 15.1. The number of hydrogen-bond donors (Lipinski definition) is 0. The lowest BCUT2D eigenvalue weighted by Crippen LogP contribution is -2.25. The van der Waals surface area contributed by atoms with E-state index in [1.807, 2.05) is 12.1 Å². The normalized spacial score (nSPS) is 18.2. The first-order chi connectivity index (χ1) is 16.6. The lowest BCUT2D eigenvalue weighted by molar-refractivity contribution is -0.00181. The minimum absolute atomic E-state index is 0.0953. The summed E-state index contributed by atoms with van der Waals surface area (Å²) in [5, 5.41) is 0. The number of hydrogen-bond acceptors (Lipinski definition) is 2. The Labute approximate surface area is 202 Å². The molecule has 2 aromatic carbocycles. The molecule has 1 aliphatic rings. The SMILES string of the molecule is CCCCCc1ccc(-c2ccc(-c3ccc(C4CCC(CCC)OC4)c(F)c3F)cn2)cc1. The van der Waals surface area contributed by atoms with Gasteiger partial charge >= 0.3 is 0 Å². The first-order valence-electron chi connectivity index (χ1n) is 12.8. The molecule has 1 aliphatic heterocycles. The van der Waals surface area contributed by atoms with E-state index in [9.17, 15) is 0 Å². The highest BCUT2D eigenvalue weighted by Crippen LogP contribution is 2.35. The smallest absolute Gasteiger partial charge is 0.166 e. The van der Waals surface area contributed by atoms with Gasteiger partial charge in [-0.2, -0.15) is 0 Å². The molecule has 1 saturated heterocycles. The molecule has 2 atom stereocenters. The van der Waals surface area contributed by atoms with Crippen LogP contribution in [-0.4, -0.2) is 17.7 Å². The summed E-state index contributed by atoms with van der Waals surface area (Å²) in [7, 11) is 0. The number of pyridine rings is 1. The van der Waals surface area contributed by atoms with Crippen molar-refractivity contribution in [3.8, 4) is 22.4 Å². The molecular formula is C30H35F2NO. The summed E-state index contributed by atoms with van der Waals surface area (Å²) in [6.45, 7) is 4.80. The van der Waals surface area contributed by atoms with Gasteiger partial charge in [0.25, 0.3) is 0 Å². The quantitative estimate of drug-likeness (QED) is 0.297. The zero-order valence-corrected chi connectivity index (χ0v) is 20.3. The minimum Gasteiger partial charge on any atom is -0.378 e. The highest BCUT2D eigenvalue weighted by atomic mass is 19.2. The van der Waals surface area contributed by atoms with Crippen molar-refractivity contribution in [2.24, 2.45) is 0 Å². The third-order valence-corrected chi connectivity index (χ3v) is 6.93. The molecule has 4 heteroatoms. The molecule has 0 saturated carbocycles. The number of nitrogens with zero attached hydrogens (tertiary/aromatic N) is 1. The molecule has 0 N–H and O–H groups in total. The Balaban J connectivity index is 1.46. The first-order valence-corrected chi connectivity index (χ1v) is 12.8. The number of rotatable bonds is 9. The van der Waals surface area contributed by atoms with Crippen molar-refractivity contribution in [1.29, 1.82) is 0 Å². The lowest BCUT2D eigenvalue weighted by Gasteiger charge is -2.29. The van der Waals surface area contributed by atoms with Crippen molar-refractivity contribution in [3.05, 3.63) is 77.5 Å². The van der Waals surface area contributed by atoms with E-state index in [2.05, 4.69) is 43.1 Å². The van der Waals surface area contributed by atoms with Gasteiger partial charge in [0.05, 0.1) is 18.4 Å². The summed E-state index contributed by atoms with van der Waals surface area (Å²) in [6.07, 6.45) is 10.5. The Morgan fingerprint density at radius 1 is 0.853 bits per heavy atom. The van der Waals surface area contributed by atoms with Crippen LogP contribution in [0.1, 0.15) is 75.8 Å². The van der Waals surface area contributed by atoms with E-state index >= 15 is 8.78 Å². The lowest BCUT2D eigenvalue weighted by atomic mass is 9.89. The van der Waals surface area contributed by atoms with Crippen LogP contribution in [0.5, 0.6) is 0 Å². The van der Waals surface area contributed by atoms with Crippen LogP contribution in [0.25, 0.3) is 22.4 Å². The molecule has 0 bridgehead atoms. The fraction of sp³-hybridized carbons (Fsp3) is 0.433. The van der Waals surface area contributed by atoms with Gasteiger partial charge in [-0.1, -0.05) is 75.6 Å². The number of aryl methyl sites for hydroxylation is 1. The van der Waals surface area contributed by atoms with E-state index < -0.39 is 11.6 Å². The highest BCUT2D eigenvalue weighted by molar-refractivity contribution is 5.68. The maximum Gasteiger partial charge on any atom is 0.166 e. The van der Waals surface area contributed by atoms with Crippen molar-refractivity contribution in [3.63, 3.8) is 0 Å². The zero-order chi connectivity index (χ0) is 23.9. The van der Waals surface area contributed by atoms with Crippen LogP contribution in [0, 0.1) is 11.6 Å². The Bertz CT molecular complexity index is 1050. The van der Waals surface area contributed by atoms with Gasteiger partial charge in [0.2, 0.25) is 0 Å². The van der Waals surface area contributed by atoms with Gasteiger partial charge in [-0.05, 0) is 49.3 Å². The predicted molar refractivity (Wildman–Crippen MR) is 135 cm³/mol. The van der Waals surface area contributed by atoms with Crippen molar-refractivity contribution >= 4 is 0 Å². The molecule has 4 rings (SSSR count). The van der Waals surface area contributed by atoms with Crippen molar-refractivity contribution in [2.45, 2.75) is 77.2 Å². The van der Waals surface area contributed by atoms with E-state index in [1.165, 1.54) is 24.8 Å². The molecule has 0 amide bonds. The van der Waals surface area contributed by atoms with Crippen molar-refractivity contribution in [1.82, 2.24) is 4.98 Å². The highest BCUT2D eigenvalue weighted by Gasteiger charge is 2.26. The molecule has 1 aromatic heterocycles. The summed E-state index contributed by atoms with van der Waals surface area (Å²) in [5.74, 6) is -1.66. The standard InChI is InChI=1S/C30H35F2NO/c1-3-5-6-8-21-9-11-22(12-10-21)28-18-14-23(19-33-28)26-16-17-27(30(32)29(26)31)24-13-15-25(7-4-2)34-20-24/h9-12,14,16-19,24-25H,3-8,13,15,20H2,1-2H3. The molecule has 180 valence electrons. The van der Waals surface area contributed by atoms with E-state index in [4.69, 9.17) is 4.74 Å². The molecule has 34 heavy (non-hydrogen) atoms. The molecule has 1 fully saturated rings. The van der Waals surface area contributed by atoms with Crippen LogP contribution >= 0.6 is 0 Å². The molecule has 0 radical (unpaired) electrons. The maximum atomic E-state index is 15.1. The second-order valence-corrected chi connectivity index (χ2v) is 9.43. The van der Waals surface area contributed by atoms with Crippen molar-refractivity contribution in [2.75, 3.05) is 6.61 Å². The fourth-order valence-corrected chi connectivity index (χ4v) is 4.85. The van der Waals surface area contributed by atoms with E-state index in [-0.39, 0.29) is 17.6 Å². The Morgan fingerprint density at radius 2 is 1.65 bits per heavy atom. The molecule has 2 unspecified atom stereocenters. The summed E-state index contributed by atoms with van der Waals surface area (Å²) < 4.78 is 36.0. The Kier molecular flexibility index (Phi) is 8.44. The van der Waals surface area contributed by atoms with Crippen LogP contribution in [0.4, 0.5) is 8.78 Å². The van der Waals surface area contributed by atoms with E-state index in [1.54, 1.807) is 18.3 Å². The average Bonchev–Trinajstić information content (AvgIpc) is 2.87. The second-order valence-electron chi connectivity index (χ2n) is 9.43. The molecule has 2 heterocycles. The average molecular weight is 464 g/mol. The minimum atomic E-state index is -0.806. The largest absolute Gasteiger partial charge is 0.378 e. The van der Waals surface area contributed by atoms with Gasteiger partial charge in [0, 0.05) is 28.8 Å². The van der Waals surface area contributed by atoms with E-state index in [0.717, 1.165) is 43.4 Å². The number of unbranched alkanes of at least 4 members (excludes halogenated alkanes) is 2. The summed E-state index contributed by atoms with van der Waals surface area (Å²) >= 11 is 0. The molecule has 0 aliphatic carbocycles. The van der Waals surface area contributed by atoms with Gasteiger partial charge in [-0.25, -0.2) is 8.78 Å². The first kappa shape index (κ1) is 24.5. The number of aromatic nitrogens is 1. The molecule has 2 nitrogen and oxygen atoms in total. The van der Waals surface area contributed by atoms with Gasteiger partial charge in [0.1, 0.15) is 0 Å². The van der Waals surface area contributed by atoms with Crippen LogP contribution in [0.15, 0.2) is 54.7 Å². The van der Waals surface area contributed by atoms with Crippen molar-refractivity contribution < 1.29 is 13.5 Å². The molecule has 3 aromatic rings. The van der Waals surface area contributed by atoms with Gasteiger partial charge in [-0.15, -0.1) is 0 Å². The third-order valence-electron chi connectivity index (χ3n) is 6.93. The second kappa shape index (κ2) is 11.7. The van der Waals surface area contributed by atoms with Crippen LogP contribution in [0.2, 0.25) is 0 Å². The summed E-state index contributed by atoms with van der Waals surface area (Å²) in [4.78, 5) is 4.53. The summed E-state index contributed by atoms with van der Waals surface area (Å²) in [5.41, 5.74) is 4.40. The van der Waals surface area contributed by atoms with E-state index in [0.29, 0.717) is 17.7 Å². The number of benzene rings is 2. The van der Waals surface area contributed by atoms with Crippen LogP contribution < -0.4 is 0 Å². The van der Waals surface area contributed by atoms with Crippen LogP contribution in [-0.2, 0) is 11.2 Å². The molecule has 0 spiro atoms. The van der Waals surface area contributed by atoms with Gasteiger partial charge < -0.3 is 4.74 Å². The number of halogens is 2. The van der Waals surface area contributed by atoms with Crippen LogP contribution in [0.3, 0.4) is 0 Å². The zero-order valence-electron chi connectivity index (χ0n) is 20.3. The fourth-order valence-electron chi connectivity index (χ4n) is 4.85. The third kappa shape index (κ3) is 5.72. The molecular weight excluding hydrogens is 428 g/mol.